The zero-order valence-electron chi connectivity index (χ0n) is 11.0. The minimum Gasteiger partial charge on any atom is -0.358 e. The number of rotatable bonds is 2. The third-order valence-corrected chi connectivity index (χ3v) is 2.71. The summed E-state index contributed by atoms with van der Waals surface area (Å²) < 4.78 is 0. The molecule has 0 heterocycles. The Morgan fingerprint density at radius 1 is 1.00 bits per heavy atom. The van der Waals surface area contributed by atoms with E-state index in [0.717, 1.165) is 22.3 Å². The van der Waals surface area contributed by atoms with E-state index >= 15 is 0 Å². The fourth-order valence-electron chi connectivity index (χ4n) is 1.74. The topological polar surface area (TPSA) is 17.1 Å². The molecule has 0 atom stereocenters. The first-order valence-corrected chi connectivity index (χ1v) is 5.27. The van der Waals surface area contributed by atoms with Gasteiger partial charge in [-0.3, -0.25) is 4.79 Å². The Bertz CT molecular complexity index is 485. The zero-order valence-corrected chi connectivity index (χ0v) is 13.9. The van der Waals surface area contributed by atoms with Gasteiger partial charge in [0.05, 0.1) is 0 Å². The van der Waals surface area contributed by atoms with Gasteiger partial charge < -0.3 is 7.43 Å². The number of hydrogen-bond acceptors (Lipinski definition) is 1. The van der Waals surface area contributed by atoms with Crippen LogP contribution in [-0.4, -0.2) is 5.78 Å². The molecule has 0 amide bonds. The molecule has 0 unspecified atom stereocenters. The van der Waals surface area contributed by atoms with Gasteiger partial charge >= 0.3 is 0 Å². The summed E-state index contributed by atoms with van der Waals surface area (Å²) in [5.41, 5.74) is 3.51. The van der Waals surface area contributed by atoms with E-state index in [1.54, 1.807) is 6.07 Å². The van der Waals surface area contributed by atoms with Crippen molar-refractivity contribution in [2.24, 2.45) is 0 Å². The Morgan fingerprint density at radius 3 is 2.22 bits per heavy atom. The molecule has 0 bridgehead atoms. The molecule has 2 heteroatoms. The van der Waals surface area contributed by atoms with Gasteiger partial charge in [-0.1, -0.05) is 36.8 Å². The summed E-state index contributed by atoms with van der Waals surface area (Å²) in [6.07, 6.45) is 0. The number of ketones is 1. The van der Waals surface area contributed by atoms with Gasteiger partial charge in [0, 0.05) is 38.3 Å². The van der Waals surface area contributed by atoms with Crippen molar-refractivity contribution in [3.05, 3.63) is 78.2 Å². The third-order valence-electron chi connectivity index (χ3n) is 2.71. The van der Waals surface area contributed by atoms with Crippen molar-refractivity contribution in [1.29, 1.82) is 0 Å². The van der Waals surface area contributed by atoms with Crippen molar-refractivity contribution < 1.29 is 37.5 Å². The van der Waals surface area contributed by atoms with E-state index in [2.05, 4.69) is 6.07 Å². The summed E-state index contributed by atoms with van der Waals surface area (Å²) in [5, 5.41) is 0. The fraction of sp³-hybridized carbons (Fsp3) is 0.125. The van der Waals surface area contributed by atoms with Crippen molar-refractivity contribution in [3.63, 3.8) is 0 Å². The van der Waals surface area contributed by atoms with Crippen LogP contribution >= 0.6 is 0 Å². The molecule has 1 nitrogen and oxygen atoms in total. The second-order valence-electron chi connectivity index (χ2n) is 3.89. The summed E-state index contributed by atoms with van der Waals surface area (Å²) in [4.78, 5) is 12.3. The molecular formula is C16H16OY-2. The predicted octanol–water partition coefficient (Wildman–Crippen LogP) is 3.78. The van der Waals surface area contributed by atoms with Crippen LogP contribution in [0.3, 0.4) is 0 Å². The molecule has 2 rings (SSSR count). The van der Waals surface area contributed by atoms with E-state index in [1.165, 1.54) is 0 Å². The molecule has 2 aromatic rings. The monoisotopic (exact) mass is 313 g/mol. The standard InChI is InChI=1S/C15H13O.CH3.Y/c1-11-7-3-5-9-13(11)15(16)14-10-6-4-8-12(14)2;;/h3,5-10H,1-2H3;1H3;/q2*-1;. The van der Waals surface area contributed by atoms with Gasteiger partial charge in [-0.25, -0.2) is 0 Å². The van der Waals surface area contributed by atoms with E-state index in [-0.39, 0.29) is 45.9 Å². The van der Waals surface area contributed by atoms with Gasteiger partial charge in [-0.2, -0.15) is 24.3 Å². The van der Waals surface area contributed by atoms with Crippen molar-refractivity contribution in [2.75, 3.05) is 0 Å². The Hall–Kier alpha value is -0.786. The minimum atomic E-state index is 0. The van der Waals surface area contributed by atoms with Gasteiger partial charge in [0.2, 0.25) is 0 Å². The normalized spacial score (nSPS) is 9.00. The predicted molar refractivity (Wildman–Crippen MR) is 71.0 cm³/mol. The molecule has 0 spiro atoms. The van der Waals surface area contributed by atoms with E-state index in [9.17, 15) is 4.79 Å². The smallest absolute Gasteiger partial charge is 0.169 e. The molecule has 0 N–H and O–H groups in total. The Balaban J connectivity index is 0.00000144. The average molecular weight is 313 g/mol. The van der Waals surface area contributed by atoms with Crippen LogP contribution in [0.25, 0.3) is 0 Å². The quantitative estimate of drug-likeness (QED) is 0.609. The van der Waals surface area contributed by atoms with Crippen LogP contribution < -0.4 is 0 Å². The Kier molecular flexibility index (Phi) is 7.27. The SMILES string of the molecule is Cc1c[c-]ccc1C(=O)c1ccccc1C.[CH3-].[Y]. The van der Waals surface area contributed by atoms with E-state index < -0.39 is 0 Å². The maximum Gasteiger partial charge on any atom is 0.169 e. The van der Waals surface area contributed by atoms with Crippen molar-refractivity contribution in [3.8, 4) is 0 Å². The molecule has 91 valence electrons. The fourth-order valence-corrected chi connectivity index (χ4v) is 1.74. The number of aryl methyl sites for hydroxylation is 2. The van der Waals surface area contributed by atoms with Crippen LogP contribution in [0.2, 0.25) is 0 Å². The molecule has 2 aromatic carbocycles. The summed E-state index contributed by atoms with van der Waals surface area (Å²) in [7, 11) is 0. The van der Waals surface area contributed by atoms with Crippen LogP contribution in [0.5, 0.6) is 0 Å². The third kappa shape index (κ3) is 3.60. The van der Waals surface area contributed by atoms with Crippen molar-refractivity contribution in [1.82, 2.24) is 0 Å². The van der Waals surface area contributed by atoms with Crippen molar-refractivity contribution in [2.45, 2.75) is 13.8 Å². The van der Waals surface area contributed by atoms with Gasteiger partial charge in [0.15, 0.2) is 5.78 Å². The Labute approximate surface area is 134 Å². The molecule has 0 aromatic heterocycles. The van der Waals surface area contributed by atoms with Crippen LogP contribution in [0.15, 0.2) is 42.5 Å². The van der Waals surface area contributed by atoms with E-state index in [0.29, 0.717) is 0 Å². The molecular weight excluding hydrogens is 297 g/mol. The second-order valence-corrected chi connectivity index (χ2v) is 3.89. The summed E-state index contributed by atoms with van der Waals surface area (Å²) in [6, 6.07) is 16.1. The minimum absolute atomic E-state index is 0. The van der Waals surface area contributed by atoms with Gasteiger partial charge in [-0.15, -0.1) is 5.56 Å². The first kappa shape index (κ1) is 17.2. The molecule has 0 fully saturated rings. The van der Waals surface area contributed by atoms with Crippen LogP contribution in [0.1, 0.15) is 27.0 Å². The van der Waals surface area contributed by atoms with Gasteiger partial charge in [0.25, 0.3) is 0 Å². The number of carbonyl (C=O) groups excluding carboxylic acids is 1. The van der Waals surface area contributed by atoms with E-state index in [1.807, 2.05) is 50.2 Å². The average Bonchev–Trinajstić information content (AvgIpc) is 2.29. The largest absolute Gasteiger partial charge is 0.358 e. The molecule has 0 aliphatic heterocycles. The van der Waals surface area contributed by atoms with Gasteiger partial charge in [0.1, 0.15) is 0 Å². The number of hydrogen-bond donors (Lipinski definition) is 0. The number of carbonyl (C=O) groups is 1. The van der Waals surface area contributed by atoms with Crippen LogP contribution in [0, 0.1) is 27.3 Å². The molecule has 0 aliphatic carbocycles. The van der Waals surface area contributed by atoms with Crippen molar-refractivity contribution >= 4 is 5.78 Å². The summed E-state index contributed by atoms with van der Waals surface area (Å²) in [6.45, 7) is 3.89. The Morgan fingerprint density at radius 2 is 1.61 bits per heavy atom. The van der Waals surface area contributed by atoms with Crippen LogP contribution in [0.4, 0.5) is 0 Å². The first-order chi connectivity index (χ1) is 7.70. The second kappa shape index (κ2) is 7.61. The summed E-state index contributed by atoms with van der Waals surface area (Å²) in [5.74, 6) is 0.0876. The van der Waals surface area contributed by atoms with Crippen LogP contribution in [-0.2, 0) is 32.7 Å². The molecule has 0 saturated heterocycles. The molecule has 18 heavy (non-hydrogen) atoms. The number of benzene rings is 2. The maximum absolute atomic E-state index is 12.3. The molecule has 0 aliphatic rings. The zero-order chi connectivity index (χ0) is 11.5. The first-order valence-electron chi connectivity index (χ1n) is 5.27. The van der Waals surface area contributed by atoms with E-state index in [4.69, 9.17) is 0 Å². The maximum atomic E-state index is 12.3. The van der Waals surface area contributed by atoms with Gasteiger partial charge in [-0.05, 0) is 12.5 Å². The molecule has 0 saturated carbocycles. The molecule has 1 radical (unpaired) electrons. The summed E-state index contributed by atoms with van der Waals surface area (Å²) >= 11 is 0.